The maximum absolute atomic E-state index is 3.39. The quantitative estimate of drug-likeness (QED) is 0.746. The Kier molecular flexibility index (Phi) is 6.44. The van der Waals surface area contributed by atoms with Gasteiger partial charge in [0, 0.05) is 11.4 Å². The van der Waals surface area contributed by atoms with E-state index >= 15 is 0 Å². The molecule has 0 radical (unpaired) electrons. The van der Waals surface area contributed by atoms with Crippen LogP contribution in [0, 0.1) is 6.92 Å². The predicted molar refractivity (Wildman–Crippen MR) is 58.3 cm³/mol. The number of thiophene rings is 1. The van der Waals surface area contributed by atoms with Crippen molar-refractivity contribution in [2.75, 3.05) is 6.54 Å². The maximum atomic E-state index is 3.39. The van der Waals surface area contributed by atoms with E-state index in [1.54, 1.807) is 0 Å². The maximum Gasteiger partial charge on any atom is 0.0302 e. The second-order valence-corrected chi connectivity index (χ2v) is 3.70. The summed E-state index contributed by atoms with van der Waals surface area (Å²) in [6.07, 6.45) is 1.21. The summed E-state index contributed by atoms with van der Waals surface area (Å²) in [4.78, 5) is 1.47. The van der Waals surface area contributed by atoms with E-state index in [-0.39, 0.29) is 12.4 Å². The zero-order valence-electron chi connectivity index (χ0n) is 7.59. The van der Waals surface area contributed by atoms with Crippen LogP contribution in [0.2, 0.25) is 0 Å². The third kappa shape index (κ3) is 3.57. The van der Waals surface area contributed by atoms with Crippen molar-refractivity contribution in [3.63, 3.8) is 0 Å². The van der Waals surface area contributed by atoms with Crippen LogP contribution in [0.5, 0.6) is 0 Å². The summed E-state index contributed by atoms with van der Waals surface area (Å²) in [5, 5.41) is 5.54. The van der Waals surface area contributed by atoms with Crippen LogP contribution < -0.4 is 5.32 Å². The number of hydrogen-bond donors (Lipinski definition) is 1. The van der Waals surface area contributed by atoms with Gasteiger partial charge in [0.1, 0.15) is 0 Å². The summed E-state index contributed by atoms with van der Waals surface area (Å²) >= 11 is 1.84. The molecule has 0 unspecified atom stereocenters. The molecule has 12 heavy (non-hydrogen) atoms. The molecule has 1 rings (SSSR count). The minimum Gasteiger partial charge on any atom is -0.312 e. The molecule has 0 saturated carbocycles. The number of aryl methyl sites for hydroxylation is 1. The topological polar surface area (TPSA) is 12.0 Å². The van der Waals surface area contributed by atoms with E-state index in [1.165, 1.54) is 16.9 Å². The highest BCUT2D eigenvalue weighted by atomic mass is 35.5. The van der Waals surface area contributed by atoms with Crippen LogP contribution in [0.25, 0.3) is 0 Å². The first-order valence-corrected chi connectivity index (χ1v) is 4.96. The summed E-state index contributed by atoms with van der Waals surface area (Å²) in [6, 6.07) is 2.17. The van der Waals surface area contributed by atoms with E-state index in [0.29, 0.717) is 0 Å². The van der Waals surface area contributed by atoms with Crippen molar-refractivity contribution in [3.05, 3.63) is 21.9 Å². The molecule has 0 fully saturated rings. The van der Waals surface area contributed by atoms with E-state index in [0.717, 1.165) is 13.1 Å². The van der Waals surface area contributed by atoms with E-state index in [1.807, 2.05) is 11.3 Å². The minimum absolute atomic E-state index is 0. The van der Waals surface area contributed by atoms with Gasteiger partial charge in [-0.1, -0.05) is 6.92 Å². The fourth-order valence-corrected chi connectivity index (χ4v) is 1.84. The Bertz CT molecular complexity index is 210. The molecule has 0 aromatic carbocycles. The van der Waals surface area contributed by atoms with Gasteiger partial charge < -0.3 is 5.32 Å². The summed E-state index contributed by atoms with van der Waals surface area (Å²) in [7, 11) is 0. The lowest BCUT2D eigenvalue weighted by Gasteiger charge is -2.00. The van der Waals surface area contributed by atoms with Gasteiger partial charge in [0.05, 0.1) is 0 Å². The van der Waals surface area contributed by atoms with Crippen LogP contribution in [0.1, 0.15) is 23.8 Å². The molecule has 1 aromatic heterocycles. The van der Waals surface area contributed by atoms with Crippen molar-refractivity contribution in [1.29, 1.82) is 0 Å². The Morgan fingerprint density at radius 1 is 1.50 bits per heavy atom. The van der Waals surface area contributed by atoms with Crippen LogP contribution in [0.4, 0.5) is 0 Å². The van der Waals surface area contributed by atoms with Gasteiger partial charge in [-0.3, -0.25) is 0 Å². The zero-order valence-corrected chi connectivity index (χ0v) is 9.23. The van der Waals surface area contributed by atoms with Crippen LogP contribution in [0.15, 0.2) is 11.4 Å². The number of hydrogen-bond acceptors (Lipinski definition) is 2. The molecule has 1 heterocycles. The lowest BCUT2D eigenvalue weighted by molar-refractivity contribution is 0.680. The highest BCUT2D eigenvalue weighted by molar-refractivity contribution is 7.10. The number of rotatable bonds is 4. The molecule has 70 valence electrons. The number of nitrogens with one attached hydrogen (secondary N) is 1. The average molecular weight is 206 g/mol. The van der Waals surface area contributed by atoms with Gasteiger partial charge in [-0.2, -0.15) is 0 Å². The van der Waals surface area contributed by atoms with E-state index in [2.05, 4.69) is 30.6 Å². The fraction of sp³-hybridized carbons (Fsp3) is 0.556. The second kappa shape index (κ2) is 6.46. The summed E-state index contributed by atoms with van der Waals surface area (Å²) in [5.74, 6) is 0. The Morgan fingerprint density at radius 3 is 2.75 bits per heavy atom. The van der Waals surface area contributed by atoms with Gasteiger partial charge in [-0.15, -0.1) is 23.7 Å². The first-order chi connectivity index (χ1) is 5.34. The highest BCUT2D eigenvalue weighted by Crippen LogP contribution is 2.14. The molecule has 0 saturated heterocycles. The van der Waals surface area contributed by atoms with Gasteiger partial charge in [-0.05, 0) is 36.9 Å². The Morgan fingerprint density at radius 2 is 2.25 bits per heavy atom. The second-order valence-electron chi connectivity index (χ2n) is 2.70. The molecule has 1 aromatic rings. The molecule has 0 aliphatic rings. The SMILES string of the molecule is CCCNCc1sccc1C.Cl. The lowest BCUT2D eigenvalue weighted by Crippen LogP contribution is -2.13. The molecule has 0 spiro atoms. The van der Waals surface area contributed by atoms with Gasteiger partial charge in [0.2, 0.25) is 0 Å². The monoisotopic (exact) mass is 205 g/mol. The lowest BCUT2D eigenvalue weighted by atomic mass is 10.3. The molecule has 0 aliphatic carbocycles. The number of halogens is 1. The predicted octanol–water partition coefficient (Wildman–Crippen LogP) is 2.98. The van der Waals surface area contributed by atoms with Gasteiger partial charge in [0.25, 0.3) is 0 Å². The van der Waals surface area contributed by atoms with Crippen LogP contribution in [-0.2, 0) is 6.54 Å². The van der Waals surface area contributed by atoms with E-state index in [9.17, 15) is 0 Å². The van der Waals surface area contributed by atoms with Crippen molar-refractivity contribution in [2.24, 2.45) is 0 Å². The molecule has 0 aliphatic heterocycles. The third-order valence-corrected chi connectivity index (χ3v) is 2.70. The van der Waals surface area contributed by atoms with Crippen LogP contribution in [-0.4, -0.2) is 6.54 Å². The van der Waals surface area contributed by atoms with Gasteiger partial charge in [0.15, 0.2) is 0 Å². The molecule has 1 N–H and O–H groups in total. The van der Waals surface area contributed by atoms with E-state index in [4.69, 9.17) is 0 Å². The molecular formula is C9H16ClNS. The summed E-state index contributed by atoms with van der Waals surface area (Å²) < 4.78 is 0. The normalized spacial score (nSPS) is 9.50. The van der Waals surface area contributed by atoms with Crippen molar-refractivity contribution in [2.45, 2.75) is 26.8 Å². The van der Waals surface area contributed by atoms with Crippen molar-refractivity contribution in [3.8, 4) is 0 Å². The standard InChI is InChI=1S/C9H15NS.ClH/c1-3-5-10-7-9-8(2)4-6-11-9;/h4,6,10H,3,5,7H2,1-2H3;1H. The first-order valence-electron chi connectivity index (χ1n) is 4.08. The Labute approximate surface area is 84.6 Å². The van der Waals surface area contributed by atoms with Crippen molar-refractivity contribution >= 4 is 23.7 Å². The summed E-state index contributed by atoms with van der Waals surface area (Å²) in [5.41, 5.74) is 1.42. The highest BCUT2D eigenvalue weighted by Gasteiger charge is 1.96. The zero-order chi connectivity index (χ0) is 8.10. The van der Waals surface area contributed by atoms with Crippen LogP contribution >= 0.6 is 23.7 Å². The Hall–Kier alpha value is -0.0500. The minimum atomic E-state index is 0. The smallest absolute Gasteiger partial charge is 0.0302 e. The molecule has 1 nitrogen and oxygen atoms in total. The average Bonchev–Trinajstić information content (AvgIpc) is 2.37. The molecular weight excluding hydrogens is 190 g/mol. The van der Waals surface area contributed by atoms with Crippen molar-refractivity contribution < 1.29 is 0 Å². The molecule has 0 atom stereocenters. The molecule has 0 amide bonds. The fourth-order valence-electron chi connectivity index (χ4n) is 0.964. The third-order valence-electron chi connectivity index (χ3n) is 1.68. The van der Waals surface area contributed by atoms with E-state index < -0.39 is 0 Å². The molecule has 0 bridgehead atoms. The van der Waals surface area contributed by atoms with Crippen LogP contribution in [0.3, 0.4) is 0 Å². The molecule has 3 heteroatoms. The Balaban J connectivity index is 0.00000121. The largest absolute Gasteiger partial charge is 0.312 e. The van der Waals surface area contributed by atoms with Gasteiger partial charge >= 0.3 is 0 Å². The first kappa shape index (κ1) is 11.9. The van der Waals surface area contributed by atoms with Gasteiger partial charge in [-0.25, -0.2) is 0 Å². The summed E-state index contributed by atoms with van der Waals surface area (Å²) in [6.45, 7) is 6.52. The van der Waals surface area contributed by atoms with Crippen molar-refractivity contribution in [1.82, 2.24) is 5.32 Å².